The lowest BCUT2D eigenvalue weighted by atomic mass is 10.1. The molecular weight excluding hydrogens is 489 g/mol. The Morgan fingerprint density at radius 2 is 1.86 bits per heavy atom. The number of benzene rings is 1. The number of alkyl halides is 3. The lowest BCUT2D eigenvalue weighted by Crippen LogP contribution is -2.22. The van der Waals surface area contributed by atoms with Crippen molar-refractivity contribution in [1.82, 2.24) is 20.1 Å². The molecule has 37 heavy (non-hydrogen) atoms. The van der Waals surface area contributed by atoms with E-state index in [1.165, 1.54) is 6.07 Å². The van der Waals surface area contributed by atoms with Crippen LogP contribution in [0.25, 0.3) is 11.5 Å². The first-order valence-electron chi connectivity index (χ1n) is 11.7. The predicted molar refractivity (Wildman–Crippen MR) is 127 cm³/mol. The van der Waals surface area contributed by atoms with Gasteiger partial charge in [-0.1, -0.05) is 43.3 Å². The quantitative estimate of drug-likeness (QED) is 0.360. The predicted octanol–water partition coefficient (Wildman–Crippen LogP) is 5.51. The molecule has 192 valence electrons. The van der Waals surface area contributed by atoms with Crippen molar-refractivity contribution < 1.29 is 26.9 Å². The molecular formula is C25H23F3N6O3. The van der Waals surface area contributed by atoms with Gasteiger partial charge >= 0.3 is 6.18 Å². The van der Waals surface area contributed by atoms with Gasteiger partial charge in [0.25, 0.3) is 5.91 Å². The van der Waals surface area contributed by atoms with Crippen molar-refractivity contribution in [2.24, 2.45) is 0 Å². The first-order valence-corrected chi connectivity index (χ1v) is 11.7. The van der Waals surface area contributed by atoms with Gasteiger partial charge in [0.05, 0.1) is 5.92 Å². The molecule has 1 aromatic carbocycles. The number of hydrogen-bond acceptors (Lipinski definition) is 8. The van der Waals surface area contributed by atoms with Gasteiger partial charge in [-0.2, -0.15) is 18.2 Å². The van der Waals surface area contributed by atoms with Crippen molar-refractivity contribution in [2.45, 2.75) is 38.3 Å². The molecule has 1 unspecified atom stereocenters. The standard InChI is InChI=1S/C25H23F3N6O3/c1-14(2)21-32-24(37-33-21)16-11-12-34(13-16)18-10-6-9-17(29-18)30-22(35)19-20(25(26,27)28)36-23(31-19)15-7-4-3-5-8-15/h3-10,14,16H,11-13H2,1-2H3,(H,29,30,35). The number of anilines is 2. The Morgan fingerprint density at radius 1 is 1.08 bits per heavy atom. The second kappa shape index (κ2) is 9.68. The van der Waals surface area contributed by atoms with E-state index in [1.807, 2.05) is 18.7 Å². The molecule has 0 saturated carbocycles. The molecule has 1 atom stereocenters. The number of nitrogens with zero attached hydrogens (tertiary/aromatic N) is 5. The normalized spacial score (nSPS) is 15.9. The first-order chi connectivity index (χ1) is 17.7. The topological polar surface area (TPSA) is 110 Å². The van der Waals surface area contributed by atoms with E-state index < -0.39 is 23.5 Å². The minimum Gasteiger partial charge on any atom is -0.431 e. The third-order valence-corrected chi connectivity index (χ3v) is 5.93. The number of rotatable bonds is 6. The van der Waals surface area contributed by atoms with Gasteiger partial charge in [0.15, 0.2) is 11.5 Å². The van der Waals surface area contributed by atoms with Gasteiger partial charge < -0.3 is 19.2 Å². The molecule has 9 nitrogen and oxygen atoms in total. The summed E-state index contributed by atoms with van der Waals surface area (Å²) in [5.74, 6) is -0.799. The lowest BCUT2D eigenvalue weighted by molar-refractivity contribution is -0.153. The summed E-state index contributed by atoms with van der Waals surface area (Å²) >= 11 is 0. The number of halogens is 3. The largest absolute Gasteiger partial charge is 0.452 e. The molecule has 0 aliphatic carbocycles. The summed E-state index contributed by atoms with van der Waals surface area (Å²) in [5.41, 5.74) is -0.547. The van der Waals surface area contributed by atoms with Crippen LogP contribution in [0.3, 0.4) is 0 Å². The van der Waals surface area contributed by atoms with Crippen molar-refractivity contribution >= 4 is 17.5 Å². The van der Waals surface area contributed by atoms with Crippen LogP contribution in [-0.4, -0.2) is 39.1 Å². The summed E-state index contributed by atoms with van der Waals surface area (Å²) in [6.07, 6.45) is -4.13. The Labute approximate surface area is 209 Å². The molecule has 0 spiro atoms. The Bertz CT molecular complexity index is 1400. The van der Waals surface area contributed by atoms with Crippen molar-refractivity contribution in [3.05, 3.63) is 71.7 Å². The van der Waals surface area contributed by atoms with Crippen molar-refractivity contribution in [3.63, 3.8) is 0 Å². The third kappa shape index (κ3) is 5.18. The molecule has 4 aromatic rings. The van der Waals surface area contributed by atoms with Gasteiger partial charge in [-0.25, -0.2) is 9.97 Å². The van der Waals surface area contributed by atoms with Crippen LogP contribution in [-0.2, 0) is 6.18 Å². The summed E-state index contributed by atoms with van der Waals surface area (Å²) in [5, 5.41) is 6.44. The zero-order valence-corrected chi connectivity index (χ0v) is 20.0. The number of pyridine rings is 1. The van der Waals surface area contributed by atoms with Crippen LogP contribution in [0.5, 0.6) is 0 Å². The van der Waals surface area contributed by atoms with E-state index in [9.17, 15) is 18.0 Å². The van der Waals surface area contributed by atoms with Gasteiger partial charge in [0.2, 0.25) is 17.5 Å². The highest BCUT2D eigenvalue weighted by molar-refractivity contribution is 6.03. The van der Waals surface area contributed by atoms with Crippen molar-refractivity contribution in [2.75, 3.05) is 23.3 Å². The fourth-order valence-electron chi connectivity index (χ4n) is 4.03. The zero-order valence-electron chi connectivity index (χ0n) is 20.0. The Morgan fingerprint density at radius 3 is 2.57 bits per heavy atom. The maximum Gasteiger partial charge on any atom is 0.452 e. The first kappa shape index (κ1) is 24.5. The van der Waals surface area contributed by atoms with Crippen LogP contribution < -0.4 is 10.2 Å². The van der Waals surface area contributed by atoms with Crippen LogP contribution in [0.2, 0.25) is 0 Å². The van der Waals surface area contributed by atoms with Crippen LogP contribution >= 0.6 is 0 Å². The Balaban J connectivity index is 1.33. The molecule has 1 fully saturated rings. The molecule has 1 amide bonds. The van der Waals surface area contributed by atoms with Crippen LogP contribution in [0.1, 0.15) is 60.1 Å². The maximum atomic E-state index is 13.6. The molecule has 1 aliphatic heterocycles. The van der Waals surface area contributed by atoms with E-state index in [0.717, 1.165) is 6.42 Å². The second-order valence-corrected chi connectivity index (χ2v) is 8.97. The lowest BCUT2D eigenvalue weighted by Gasteiger charge is -2.17. The number of oxazole rings is 1. The maximum absolute atomic E-state index is 13.6. The van der Waals surface area contributed by atoms with Gasteiger partial charge in [0, 0.05) is 24.6 Å². The van der Waals surface area contributed by atoms with Crippen LogP contribution in [0, 0.1) is 0 Å². The molecule has 4 heterocycles. The average Bonchev–Trinajstić information content (AvgIpc) is 3.64. The van der Waals surface area contributed by atoms with E-state index in [-0.39, 0.29) is 23.5 Å². The number of carbonyl (C=O) groups is 1. The van der Waals surface area contributed by atoms with Crippen molar-refractivity contribution in [3.8, 4) is 11.5 Å². The molecule has 1 saturated heterocycles. The Hall–Kier alpha value is -4.22. The molecule has 12 heteroatoms. The highest BCUT2D eigenvalue weighted by Crippen LogP contribution is 2.36. The van der Waals surface area contributed by atoms with Gasteiger partial charge in [-0.3, -0.25) is 4.79 Å². The summed E-state index contributed by atoms with van der Waals surface area (Å²) in [6, 6.07) is 13.0. The molecule has 1 aliphatic rings. The van der Waals surface area contributed by atoms with E-state index in [1.54, 1.807) is 42.5 Å². The average molecular weight is 512 g/mol. The molecule has 0 bridgehead atoms. The van der Waals surface area contributed by atoms with Crippen LogP contribution in [0.15, 0.2) is 57.5 Å². The third-order valence-electron chi connectivity index (χ3n) is 5.93. The van der Waals surface area contributed by atoms with E-state index >= 15 is 0 Å². The monoisotopic (exact) mass is 512 g/mol. The SMILES string of the molecule is CC(C)c1noc(C2CCN(c3cccc(NC(=O)c4nc(-c5ccccc5)oc4C(F)(F)F)n3)C2)n1. The summed E-state index contributed by atoms with van der Waals surface area (Å²) in [6.45, 7) is 5.21. The highest BCUT2D eigenvalue weighted by atomic mass is 19.4. The number of amides is 1. The van der Waals surface area contributed by atoms with Gasteiger partial charge in [0.1, 0.15) is 11.6 Å². The molecule has 0 radical (unpaired) electrons. The fraction of sp³-hybridized carbons (Fsp3) is 0.320. The summed E-state index contributed by atoms with van der Waals surface area (Å²) in [4.78, 5) is 27.6. The molecule has 1 N–H and O–H groups in total. The molecule has 3 aromatic heterocycles. The van der Waals surface area contributed by atoms with Gasteiger partial charge in [-0.05, 0) is 30.7 Å². The van der Waals surface area contributed by atoms with E-state index in [0.29, 0.717) is 36.2 Å². The van der Waals surface area contributed by atoms with E-state index in [4.69, 9.17) is 8.94 Å². The van der Waals surface area contributed by atoms with Gasteiger partial charge in [-0.15, -0.1) is 0 Å². The number of carbonyl (C=O) groups excluding carboxylic acids is 1. The van der Waals surface area contributed by atoms with Crippen molar-refractivity contribution in [1.29, 1.82) is 0 Å². The zero-order chi connectivity index (χ0) is 26.2. The summed E-state index contributed by atoms with van der Waals surface area (Å²) in [7, 11) is 0. The van der Waals surface area contributed by atoms with Crippen LogP contribution in [0.4, 0.5) is 24.8 Å². The Kier molecular flexibility index (Phi) is 6.40. The number of aromatic nitrogens is 4. The minimum absolute atomic E-state index is 0.0286. The minimum atomic E-state index is -4.91. The molecule has 5 rings (SSSR count). The summed E-state index contributed by atoms with van der Waals surface area (Å²) < 4.78 is 51.2. The fourth-order valence-corrected chi connectivity index (χ4v) is 4.03. The number of nitrogens with one attached hydrogen (secondary N) is 1. The van der Waals surface area contributed by atoms with E-state index in [2.05, 4.69) is 25.4 Å². The second-order valence-electron chi connectivity index (χ2n) is 8.97. The smallest absolute Gasteiger partial charge is 0.431 e. The number of hydrogen-bond donors (Lipinski definition) is 1. The highest BCUT2D eigenvalue weighted by Gasteiger charge is 2.42.